The zero-order valence-electron chi connectivity index (χ0n) is 9.86. The Balaban J connectivity index is 1.98. The molecule has 0 fully saturated rings. The van der Waals surface area contributed by atoms with Crippen LogP contribution in [-0.2, 0) is 12.8 Å². The highest BCUT2D eigenvalue weighted by atomic mass is 35.5. The normalized spacial score (nSPS) is 12.7. The van der Waals surface area contributed by atoms with E-state index in [1.54, 1.807) is 6.07 Å². The van der Waals surface area contributed by atoms with Gasteiger partial charge < -0.3 is 5.11 Å². The molecule has 0 saturated heterocycles. The third-order valence-electron chi connectivity index (χ3n) is 2.53. The van der Waals surface area contributed by atoms with Gasteiger partial charge in [0.25, 0.3) is 0 Å². The Labute approximate surface area is 114 Å². The molecule has 1 aromatic heterocycles. The second-order valence-electron chi connectivity index (χ2n) is 4.19. The lowest BCUT2D eigenvalue weighted by Gasteiger charge is -2.09. The molecule has 1 unspecified atom stereocenters. The number of rotatable bonds is 4. The van der Waals surface area contributed by atoms with Crippen molar-refractivity contribution in [3.05, 3.63) is 50.7 Å². The van der Waals surface area contributed by atoms with Crippen molar-refractivity contribution in [2.75, 3.05) is 0 Å². The molecule has 0 aliphatic heterocycles. The number of thiazole rings is 1. The van der Waals surface area contributed by atoms with E-state index in [0.29, 0.717) is 12.8 Å². The van der Waals surface area contributed by atoms with Crippen molar-refractivity contribution in [1.82, 2.24) is 4.98 Å². The number of hydrogen-bond donors (Lipinski definition) is 1. The van der Waals surface area contributed by atoms with Crippen LogP contribution >= 0.6 is 22.9 Å². The van der Waals surface area contributed by atoms with Crippen molar-refractivity contribution in [2.45, 2.75) is 25.9 Å². The second kappa shape index (κ2) is 5.78. The Morgan fingerprint density at radius 2 is 2.22 bits per heavy atom. The summed E-state index contributed by atoms with van der Waals surface area (Å²) in [7, 11) is 0. The van der Waals surface area contributed by atoms with E-state index in [0.717, 1.165) is 16.3 Å². The van der Waals surface area contributed by atoms with Gasteiger partial charge in [0.1, 0.15) is 5.82 Å². The first-order valence-electron chi connectivity index (χ1n) is 5.57. The van der Waals surface area contributed by atoms with Crippen molar-refractivity contribution in [2.24, 2.45) is 0 Å². The largest absolute Gasteiger partial charge is 0.392 e. The highest BCUT2D eigenvalue weighted by molar-refractivity contribution is 7.09. The van der Waals surface area contributed by atoms with Crippen LogP contribution in [0.25, 0.3) is 0 Å². The summed E-state index contributed by atoms with van der Waals surface area (Å²) in [5.41, 5.74) is 1.69. The Bertz CT molecular complexity index is 544. The van der Waals surface area contributed by atoms with Gasteiger partial charge in [0.2, 0.25) is 0 Å². The van der Waals surface area contributed by atoms with Crippen LogP contribution in [-0.4, -0.2) is 16.2 Å². The van der Waals surface area contributed by atoms with Crippen molar-refractivity contribution in [3.8, 4) is 0 Å². The lowest BCUT2D eigenvalue weighted by atomic mass is 10.1. The lowest BCUT2D eigenvalue weighted by Crippen LogP contribution is -2.14. The summed E-state index contributed by atoms with van der Waals surface area (Å²) < 4.78 is 13.2. The Kier molecular flexibility index (Phi) is 4.32. The van der Waals surface area contributed by atoms with E-state index >= 15 is 0 Å². The molecule has 1 N–H and O–H groups in total. The van der Waals surface area contributed by atoms with Crippen LogP contribution in [0.5, 0.6) is 0 Å². The Morgan fingerprint density at radius 1 is 1.44 bits per heavy atom. The van der Waals surface area contributed by atoms with Gasteiger partial charge in [-0.15, -0.1) is 11.3 Å². The first-order chi connectivity index (χ1) is 8.54. The Morgan fingerprint density at radius 3 is 2.83 bits per heavy atom. The molecule has 18 heavy (non-hydrogen) atoms. The minimum absolute atomic E-state index is 0.101. The maximum Gasteiger partial charge on any atom is 0.142 e. The van der Waals surface area contributed by atoms with Crippen LogP contribution in [0, 0.1) is 12.7 Å². The molecule has 0 bridgehead atoms. The molecule has 0 saturated carbocycles. The average molecular weight is 286 g/mol. The molecule has 0 radical (unpaired) electrons. The summed E-state index contributed by atoms with van der Waals surface area (Å²) in [4.78, 5) is 4.29. The van der Waals surface area contributed by atoms with Crippen LogP contribution in [0.3, 0.4) is 0 Å². The van der Waals surface area contributed by atoms with E-state index in [-0.39, 0.29) is 5.02 Å². The van der Waals surface area contributed by atoms with Gasteiger partial charge in [-0.3, -0.25) is 0 Å². The quantitative estimate of drug-likeness (QED) is 0.934. The van der Waals surface area contributed by atoms with E-state index in [2.05, 4.69) is 4.98 Å². The van der Waals surface area contributed by atoms with Crippen LogP contribution in [0.4, 0.5) is 4.39 Å². The molecule has 2 aromatic rings. The fourth-order valence-corrected chi connectivity index (χ4v) is 2.67. The van der Waals surface area contributed by atoms with Crippen LogP contribution in [0.15, 0.2) is 23.6 Å². The highest BCUT2D eigenvalue weighted by Crippen LogP contribution is 2.18. The smallest absolute Gasteiger partial charge is 0.142 e. The minimum atomic E-state index is -0.559. The van der Waals surface area contributed by atoms with Gasteiger partial charge in [0, 0.05) is 17.5 Å². The van der Waals surface area contributed by atoms with Crippen molar-refractivity contribution < 1.29 is 9.50 Å². The number of hydrogen-bond acceptors (Lipinski definition) is 3. The van der Waals surface area contributed by atoms with Crippen molar-refractivity contribution >= 4 is 22.9 Å². The zero-order chi connectivity index (χ0) is 13.1. The molecule has 2 nitrogen and oxygen atoms in total. The number of aliphatic hydroxyl groups is 1. The lowest BCUT2D eigenvalue weighted by molar-refractivity contribution is 0.175. The van der Waals surface area contributed by atoms with Gasteiger partial charge in [0.15, 0.2) is 0 Å². The molecule has 1 heterocycles. The van der Waals surface area contributed by atoms with Crippen LogP contribution < -0.4 is 0 Å². The number of benzene rings is 1. The fourth-order valence-electron chi connectivity index (χ4n) is 1.71. The number of aryl methyl sites for hydroxylation is 1. The second-order valence-corrected chi connectivity index (χ2v) is 5.54. The fraction of sp³-hybridized carbons (Fsp3) is 0.308. The van der Waals surface area contributed by atoms with Gasteiger partial charge in [-0.2, -0.15) is 0 Å². The zero-order valence-corrected chi connectivity index (χ0v) is 11.4. The highest BCUT2D eigenvalue weighted by Gasteiger charge is 2.10. The number of nitrogens with zero attached hydrogens (tertiary/aromatic N) is 1. The predicted octanol–water partition coefficient (Wildman–Crippen LogP) is 3.39. The molecule has 1 aromatic carbocycles. The minimum Gasteiger partial charge on any atom is -0.392 e. The average Bonchev–Trinajstić information content (AvgIpc) is 2.69. The summed E-state index contributed by atoms with van der Waals surface area (Å²) in [5, 5.41) is 12.9. The molecule has 96 valence electrons. The number of aromatic nitrogens is 1. The maximum atomic E-state index is 13.2. The van der Waals surface area contributed by atoms with E-state index in [4.69, 9.17) is 11.6 Å². The van der Waals surface area contributed by atoms with Crippen LogP contribution in [0.2, 0.25) is 5.02 Å². The number of aliphatic hydroxyl groups excluding tert-OH is 1. The molecule has 1 atom stereocenters. The van der Waals surface area contributed by atoms with Gasteiger partial charge in [-0.25, -0.2) is 9.37 Å². The van der Waals surface area contributed by atoms with Gasteiger partial charge in [0.05, 0.1) is 16.1 Å². The van der Waals surface area contributed by atoms with E-state index in [1.807, 2.05) is 12.3 Å². The molecular weight excluding hydrogens is 273 g/mol. The standard InChI is InChI=1S/C13H13ClFNOS/c1-8-7-18-13(16-8)6-10(17)4-9-2-3-11(14)12(15)5-9/h2-3,5,7,10,17H,4,6H2,1H3. The van der Waals surface area contributed by atoms with Crippen molar-refractivity contribution in [3.63, 3.8) is 0 Å². The van der Waals surface area contributed by atoms with Crippen molar-refractivity contribution in [1.29, 1.82) is 0 Å². The molecule has 5 heteroatoms. The Hall–Kier alpha value is -0.970. The summed E-state index contributed by atoms with van der Waals surface area (Å²) in [6.45, 7) is 1.92. The molecule has 0 aliphatic carbocycles. The SMILES string of the molecule is Cc1csc(CC(O)Cc2ccc(Cl)c(F)c2)n1. The third kappa shape index (κ3) is 3.51. The summed E-state index contributed by atoms with van der Waals surface area (Å²) in [6.07, 6.45) is 0.325. The third-order valence-corrected chi connectivity index (χ3v) is 3.83. The maximum absolute atomic E-state index is 13.2. The first kappa shape index (κ1) is 13.5. The molecular formula is C13H13ClFNOS. The topological polar surface area (TPSA) is 33.1 Å². The predicted molar refractivity (Wildman–Crippen MR) is 71.7 cm³/mol. The summed E-state index contributed by atoms with van der Waals surface area (Å²) in [6, 6.07) is 4.59. The van der Waals surface area contributed by atoms with E-state index in [1.165, 1.54) is 23.5 Å². The van der Waals surface area contributed by atoms with Gasteiger partial charge >= 0.3 is 0 Å². The summed E-state index contributed by atoms with van der Waals surface area (Å²) >= 11 is 7.13. The van der Waals surface area contributed by atoms with Gasteiger partial charge in [-0.05, 0) is 31.0 Å². The molecule has 0 aliphatic rings. The van der Waals surface area contributed by atoms with E-state index < -0.39 is 11.9 Å². The summed E-state index contributed by atoms with van der Waals surface area (Å²) in [5.74, 6) is -0.452. The molecule has 0 spiro atoms. The first-order valence-corrected chi connectivity index (χ1v) is 6.83. The number of halogens is 2. The molecule has 0 amide bonds. The van der Waals surface area contributed by atoms with Crippen LogP contribution in [0.1, 0.15) is 16.3 Å². The monoisotopic (exact) mass is 285 g/mol. The molecule has 2 rings (SSSR count). The van der Waals surface area contributed by atoms with Gasteiger partial charge in [-0.1, -0.05) is 17.7 Å². The van der Waals surface area contributed by atoms with E-state index in [9.17, 15) is 9.50 Å².